The van der Waals surface area contributed by atoms with Gasteiger partial charge in [0.2, 0.25) is 0 Å². The molecule has 264 valence electrons. The number of allylic oxidation sites excluding steroid dienone is 3. The SMILES string of the molecule is C=C(C)[C@@H]1CC[C@]2(NC(=O)NCCc3c[nH]cn3)CC[C@]3(C)[C@H](CC[C@@H]4[C@@]5(C)CC=C(c6ccc(C(=O)O)cc6)C(C)(C)[C@@H]5CC[C@]43C)[C@@H]12. The van der Waals surface area contributed by atoms with E-state index >= 15 is 0 Å². The molecule has 5 aliphatic rings. The molecule has 4 saturated carbocycles. The van der Waals surface area contributed by atoms with Crippen molar-refractivity contribution in [3.8, 4) is 0 Å². The summed E-state index contributed by atoms with van der Waals surface area (Å²) in [7, 11) is 0. The van der Waals surface area contributed by atoms with Crippen molar-refractivity contribution in [2.75, 3.05) is 6.54 Å². The zero-order valence-electron chi connectivity index (χ0n) is 30.6. The number of nitrogens with one attached hydrogen (secondary N) is 3. The van der Waals surface area contributed by atoms with E-state index in [4.69, 9.17) is 0 Å². The van der Waals surface area contributed by atoms with Crippen LogP contribution in [0.5, 0.6) is 0 Å². The van der Waals surface area contributed by atoms with Crippen LogP contribution in [0.25, 0.3) is 5.57 Å². The Morgan fingerprint density at radius 3 is 2.39 bits per heavy atom. The van der Waals surface area contributed by atoms with E-state index < -0.39 is 5.97 Å². The number of carboxylic acids is 1. The maximum absolute atomic E-state index is 13.5. The van der Waals surface area contributed by atoms with E-state index in [0.29, 0.717) is 48.1 Å². The van der Waals surface area contributed by atoms with Gasteiger partial charge >= 0.3 is 12.0 Å². The number of aromatic amines is 1. The molecule has 1 heterocycles. The fraction of sp³-hybridized carbons (Fsp3) is 0.643. The third kappa shape index (κ3) is 5.14. The van der Waals surface area contributed by atoms with Gasteiger partial charge in [0.1, 0.15) is 0 Å². The lowest BCUT2D eigenvalue weighted by atomic mass is 9.33. The van der Waals surface area contributed by atoms with Gasteiger partial charge in [-0.2, -0.15) is 0 Å². The summed E-state index contributed by atoms with van der Waals surface area (Å²) in [6.07, 6.45) is 17.1. The molecule has 0 aliphatic heterocycles. The van der Waals surface area contributed by atoms with Crippen molar-refractivity contribution in [2.45, 2.75) is 111 Å². The molecule has 7 nitrogen and oxygen atoms in total. The van der Waals surface area contributed by atoms with Gasteiger partial charge in [-0.05, 0) is 139 Å². The summed E-state index contributed by atoms with van der Waals surface area (Å²) < 4.78 is 0. The first-order chi connectivity index (χ1) is 23.2. The molecule has 0 bridgehead atoms. The lowest BCUT2D eigenvalue weighted by Crippen LogP contribution is -2.68. The number of H-pyrrole nitrogens is 1. The number of aromatic nitrogens is 2. The second kappa shape index (κ2) is 11.9. The summed E-state index contributed by atoms with van der Waals surface area (Å²) >= 11 is 0. The van der Waals surface area contributed by atoms with Gasteiger partial charge < -0.3 is 20.7 Å². The summed E-state index contributed by atoms with van der Waals surface area (Å²) in [5, 5.41) is 16.3. The highest BCUT2D eigenvalue weighted by molar-refractivity contribution is 5.88. The van der Waals surface area contributed by atoms with Crippen molar-refractivity contribution in [3.05, 3.63) is 71.8 Å². The number of hydrogen-bond acceptors (Lipinski definition) is 3. The number of amides is 2. The van der Waals surface area contributed by atoms with Crippen molar-refractivity contribution in [1.29, 1.82) is 0 Å². The third-order valence-electron chi connectivity index (χ3n) is 15.7. The van der Waals surface area contributed by atoms with Crippen molar-refractivity contribution in [3.63, 3.8) is 0 Å². The van der Waals surface area contributed by atoms with E-state index in [1.165, 1.54) is 36.8 Å². The number of carboxylic acid groups (broad SMARTS) is 1. The number of aromatic carboxylic acids is 1. The molecule has 4 N–H and O–H groups in total. The fourth-order valence-corrected chi connectivity index (χ4v) is 13.3. The van der Waals surface area contributed by atoms with Gasteiger partial charge in [-0.3, -0.25) is 0 Å². The molecule has 0 spiro atoms. The van der Waals surface area contributed by atoms with Crippen LogP contribution in [-0.4, -0.2) is 39.2 Å². The quantitative estimate of drug-likeness (QED) is 0.221. The highest BCUT2D eigenvalue weighted by Crippen LogP contribution is 2.76. The summed E-state index contributed by atoms with van der Waals surface area (Å²) in [4.78, 5) is 32.4. The Kier molecular flexibility index (Phi) is 8.27. The molecular formula is C42H58N4O3. The molecule has 9 atom stereocenters. The molecule has 7 rings (SSSR count). The normalized spacial score (nSPS) is 39.0. The summed E-state index contributed by atoms with van der Waals surface area (Å²) in [5.74, 6) is 1.70. The molecule has 1 aromatic carbocycles. The number of urea groups is 1. The fourth-order valence-electron chi connectivity index (χ4n) is 13.3. The number of nitrogens with zero attached hydrogens (tertiary/aromatic N) is 1. The first-order valence-electron chi connectivity index (χ1n) is 18.9. The molecular weight excluding hydrogens is 608 g/mol. The van der Waals surface area contributed by atoms with Gasteiger partial charge in [-0.1, -0.05) is 65.0 Å². The maximum atomic E-state index is 13.5. The number of benzene rings is 1. The van der Waals surface area contributed by atoms with Crippen molar-refractivity contribution in [1.82, 2.24) is 20.6 Å². The first kappa shape index (κ1) is 34.1. The molecule has 5 aliphatic carbocycles. The molecule has 2 aromatic rings. The Hall–Kier alpha value is -3.35. The smallest absolute Gasteiger partial charge is 0.335 e. The second-order valence-electron chi connectivity index (χ2n) is 18.0. The largest absolute Gasteiger partial charge is 0.478 e. The Balaban J connectivity index is 1.16. The van der Waals surface area contributed by atoms with E-state index in [-0.39, 0.29) is 33.2 Å². The van der Waals surface area contributed by atoms with Crippen LogP contribution in [0.4, 0.5) is 4.79 Å². The average Bonchev–Trinajstić information content (AvgIpc) is 3.70. The lowest BCUT2D eigenvalue weighted by Gasteiger charge is -2.72. The molecule has 0 saturated heterocycles. The van der Waals surface area contributed by atoms with Gasteiger partial charge in [0.15, 0.2) is 0 Å². The minimum absolute atomic E-state index is 0.0104. The summed E-state index contributed by atoms with van der Waals surface area (Å²) in [6, 6.07) is 7.50. The Morgan fingerprint density at radius 1 is 0.959 bits per heavy atom. The minimum atomic E-state index is -0.876. The lowest BCUT2D eigenvalue weighted by molar-refractivity contribution is -0.218. The highest BCUT2D eigenvalue weighted by Gasteiger charge is 2.70. The average molecular weight is 667 g/mol. The van der Waals surface area contributed by atoms with E-state index in [9.17, 15) is 14.7 Å². The molecule has 0 unspecified atom stereocenters. The van der Waals surface area contributed by atoms with Gasteiger partial charge in [0.05, 0.1) is 17.6 Å². The maximum Gasteiger partial charge on any atom is 0.335 e. The first-order valence-corrected chi connectivity index (χ1v) is 18.9. The zero-order valence-corrected chi connectivity index (χ0v) is 30.6. The van der Waals surface area contributed by atoms with Crippen molar-refractivity contribution < 1.29 is 14.7 Å². The van der Waals surface area contributed by atoms with E-state index in [1.807, 2.05) is 18.3 Å². The van der Waals surface area contributed by atoms with Crippen LogP contribution in [0, 0.1) is 51.2 Å². The van der Waals surface area contributed by atoms with Crippen LogP contribution in [0.2, 0.25) is 0 Å². The van der Waals surface area contributed by atoms with Crippen molar-refractivity contribution in [2.24, 2.45) is 51.2 Å². The minimum Gasteiger partial charge on any atom is -0.478 e. The molecule has 49 heavy (non-hydrogen) atoms. The summed E-state index contributed by atoms with van der Waals surface area (Å²) in [6.45, 7) is 20.1. The number of rotatable bonds is 7. The van der Waals surface area contributed by atoms with Crippen molar-refractivity contribution >= 4 is 17.6 Å². The topological polar surface area (TPSA) is 107 Å². The van der Waals surface area contributed by atoms with E-state index in [1.54, 1.807) is 18.5 Å². The molecule has 1 aromatic heterocycles. The van der Waals surface area contributed by atoms with Crippen LogP contribution in [0.15, 0.2) is 55.0 Å². The highest BCUT2D eigenvalue weighted by atomic mass is 16.4. The van der Waals surface area contributed by atoms with Gasteiger partial charge in [0, 0.05) is 24.7 Å². The molecule has 2 amide bonds. The Morgan fingerprint density at radius 2 is 1.71 bits per heavy atom. The van der Waals surface area contributed by atoms with Crippen LogP contribution < -0.4 is 10.6 Å². The number of fused-ring (bicyclic) bond motifs is 7. The van der Waals surface area contributed by atoms with Gasteiger partial charge in [0.25, 0.3) is 0 Å². The van der Waals surface area contributed by atoms with Crippen LogP contribution in [-0.2, 0) is 6.42 Å². The summed E-state index contributed by atoms with van der Waals surface area (Å²) in [5.41, 5.74) is 5.52. The zero-order chi connectivity index (χ0) is 35.0. The van der Waals surface area contributed by atoms with Crippen LogP contribution in [0.1, 0.15) is 121 Å². The van der Waals surface area contributed by atoms with E-state index in [0.717, 1.165) is 43.4 Å². The number of carbonyl (C=O) groups excluding carboxylic acids is 1. The Bertz CT molecular complexity index is 1640. The number of imidazole rings is 1. The van der Waals surface area contributed by atoms with Crippen LogP contribution in [0.3, 0.4) is 0 Å². The number of hydrogen-bond donors (Lipinski definition) is 4. The predicted molar refractivity (Wildman–Crippen MR) is 195 cm³/mol. The third-order valence-corrected chi connectivity index (χ3v) is 15.7. The molecule has 7 heteroatoms. The molecule has 4 fully saturated rings. The Labute approximate surface area is 293 Å². The predicted octanol–water partition coefficient (Wildman–Crippen LogP) is 9.05. The standard InChI is InChI=1S/C42H58N4O3/c1-26(2)30-14-20-42(46-37(49)44-23-17-29-24-43-25-45-29)22-21-40(6)32(35(30)42)12-13-34-39(5)18-15-31(27-8-10-28(11-9-27)36(47)48)38(3,4)33(39)16-19-41(34,40)7/h8-11,15,24-25,30,32-35H,1,12-14,16-23H2,2-7H3,(H,43,45)(H,47,48)(H2,44,46,49)/t30-,32+,33-,34+,35+,39-,40+,41+,42-/m0/s1. The van der Waals surface area contributed by atoms with Crippen LogP contribution >= 0.6 is 0 Å². The van der Waals surface area contributed by atoms with E-state index in [2.05, 4.69) is 74.8 Å². The second-order valence-corrected chi connectivity index (χ2v) is 18.0. The number of carbonyl (C=O) groups is 2. The van der Waals surface area contributed by atoms with Gasteiger partial charge in [-0.15, -0.1) is 0 Å². The monoisotopic (exact) mass is 666 g/mol. The molecule has 0 radical (unpaired) electrons. The van der Waals surface area contributed by atoms with Gasteiger partial charge in [-0.25, -0.2) is 14.6 Å².